The van der Waals surface area contributed by atoms with E-state index in [2.05, 4.69) is 11.8 Å². The van der Waals surface area contributed by atoms with Crippen LogP contribution in [-0.4, -0.2) is 23.9 Å². The van der Waals surface area contributed by atoms with Gasteiger partial charge in [-0.2, -0.15) is 0 Å². The van der Waals surface area contributed by atoms with E-state index in [4.69, 9.17) is 4.74 Å². The summed E-state index contributed by atoms with van der Waals surface area (Å²) in [5, 5.41) is 10.2. The zero-order valence-electron chi connectivity index (χ0n) is 11.2. The Bertz CT molecular complexity index is 245. The molecule has 98 valence electrons. The van der Waals surface area contributed by atoms with Crippen LogP contribution in [0.1, 0.15) is 58.8 Å². The lowest BCUT2D eigenvalue weighted by Gasteiger charge is -2.33. The van der Waals surface area contributed by atoms with E-state index >= 15 is 0 Å². The van der Waals surface area contributed by atoms with Crippen molar-refractivity contribution in [3.8, 4) is 11.8 Å². The highest BCUT2D eigenvalue weighted by atomic mass is 16.5. The van der Waals surface area contributed by atoms with Crippen LogP contribution in [0.15, 0.2) is 0 Å². The highest BCUT2D eigenvalue weighted by molar-refractivity contribution is 4.95. The van der Waals surface area contributed by atoms with Gasteiger partial charge in [0.05, 0.1) is 12.2 Å². The fraction of sp³-hybridized carbons (Fsp3) is 0.867. The SMILES string of the molecule is CC#CCCC(O)C(OCC)C1CCCCC1. The van der Waals surface area contributed by atoms with Gasteiger partial charge in [-0.15, -0.1) is 11.8 Å². The van der Waals surface area contributed by atoms with Crippen molar-refractivity contribution in [2.45, 2.75) is 71.0 Å². The lowest BCUT2D eigenvalue weighted by molar-refractivity contribution is -0.0740. The molecule has 0 aliphatic heterocycles. The maximum absolute atomic E-state index is 10.2. The summed E-state index contributed by atoms with van der Waals surface area (Å²) in [7, 11) is 0. The molecule has 2 atom stereocenters. The molecular formula is C15H26O2. The van der Waals surface area contributed by atoms with Crippen LogP contribution >= 0.6 is 0 Å². The van der Waals surface area contributed by atoms with Crippen LogP contribution in [0.3, 0.4) is 0 Å². The average Bonchev–Trinajstić information content (AvgIpc) is 2.37. The molecule has 0 heterocycles. The normalized spacial score (nSPS) is 20.4. The molecule has 1 aliphatic carbocycles. The minimum atomic E-state index is -0.348. The number of hydrogen-bond donors (Lipinski definition) is 1. The van der Waals surface area contributed by atoms with Gasteiger partial charge in [-0.25, -0.2) is 0 Å². The summed E-state index contributed by atoms with van der Waals surface area (Å²) in [5.74, 6) is 6.43. The molecule has 17 heavy (non-hydrogen) atoms. The molecule has 0 aromatic rings. The first-order chi connectivity index (χ1) is 8.29. The minimum absolute atomic E-state index is 0.0268. The van der Waals surface area contributed by atoms with Crippen LogP contribution in [-0.2, 0) is 4.74 Å². The summed E-state index contributed by atoms with van der Waals surface area (Å²) in [6.45, 7) is 4.54. The molecule has 0 saturated heterocycles. The predicted molar refractivity (Wildman–Crippen MR) is 70.7 cm³/mol. The zero-order valence-corrected chi connectivity index (χ0v) is 11.2. The second kappa shape index (κ2) is 8.55. The van der Waals surface area contributed by atoms with Gasteiger partial charge in [0.15, 0.2) is 0 Å². The van der Waals surface area contributed by atoms with Crippen LogP contribution < -0.4 is 0 Å². The Balaban J connectivity index is 2.46. The van der Waals surface area contributed by atoms with Crippen LogP contribution in [0.5, 0.6) is 0 Å². The molecule has 0 spiro atoms. The molecule has 2 heteroatoms. The van der Waals surface area contributed by atoms with E-state index in [1.165, 1.54) is 32.1 Å². The van der Waals surface area contributed by atoms with Gasteiger partial charge in [0.1, 0.15) is 0 Å². The molecule has 0 aromatic carbocycles. The fourth-order valence-corrected chi connectivity index (χ4v) is 2.73. The Morgan fingerprint density at radius 1 is 1.29 bits per heavy atom. The van der Waals surface area contributed by atoms with E-state index in [1.54, 1.807) is 0 Å². The second-order valence-electron chi connectivity index (χ2n) is 4.85. The summed E-state index contributed by atoms with van der Waals surface area (Å²) in [6, 6.07) is 0. The molecule has 1 fully saturated rings. The fourth-order valence-electron chi connectivity index (χ4n) is 2.73. The highest BCUT2D eigenvalue weighted by Crippen LogP contribution is 2.30. The van der Waals surface area contributed by atoms with Crippen molar-refractivity contribution >= 4 is 0 Å². The third-order valence-electron chi connectivity index (χ3n) is 3.59. The van der Waals surface area contributed by atoms with Gasteiger partial charge >= 0.3 is 0 Å². The van der Waals surface area contributed by atoms with Gasteiger partial charge in [0.2, 0.25) is 0 Å². The number of rotatable bonds is 6. The minimum Gasteiger partial charge on any atom is -0.390 e. The first-order valence-corrected chi connectivity index (χ1v) is 6.98. The Hall–Kier alpha value is -0.520. The first-order valence-electron chi connectivity index (χ1n) is 6.98. The molecule has 0 radical (unpaired) electrons. The Labute approximate surface area is 106 Å². The van der Waals surface area contributed by atoms with Gasteiger partial charge in [0.25, 0.3) is 0 Å². The highest BCUT2D eigenvalue weighted by Gasteiger charge is 2.29. The third kappa shape index (κ3) is 5.10. The van der Waals surface area contributed by atoms with E-state index < -0.39 is 0 Å². The van der Waals surface area contributed by atoms with Crippen molar-refractivity contribution in [3.05, 3.63) is 0 Å². The maximum atomic E-state index is 10.2. The van der Waals surface area contributed by atoms with Crippen molar-refractivity contribution in [2.75, 3.05) is 6.61 Å². The standard InChI is InChI=1S/C15H26O2/c1-3-5-7-12-14(16)15(17-4-2)13-10-8-6-9-11-13/h13-16H,4,6-12H2,1-2H3. The van der Waals surface area contributed by atoms with Crippen molar-refractivity contribution < 1.29 is 9.84 Å². The zero-order chi connectivity index (χ0) is 12.5. The quantitative estimate of drug-likeness (QED) is 0.720. The molecule has 0 amide bonds. The van der Waals surface area contributed by atoms with Gasteiger partial charge in [-0.1, -0.05) is 19.3 Å². The molecule has 2 unspecified atom stereocenters. The number of hydrogen-bond acceptors (Lipinski definition) is 2. The Morgan fingerprint density at radius 3 is 2.59 bits per heavy atom. The summed E-state index contributed by atoms with van der Waals surface area (Å²) in [4.78, 5) is 0. The van der Waals surface area contributed by atoms with Gasteiger partial charge < -0.3 is 9.84 Å². The molecular weight excluding hydrogens is 212 g/mol. The van der Waals surface area contributed by atoms with E-state index in [1.807, 2.05) is 13.8 Å². The number of ether oxygens (including phenoxy) is 1. The van der Waals surface area contributed by atoms with E-state index in [-0.39, 0.29) is 12.2 Å². The summed E-state index contributed by atoms with van der Waals surface area (Å²) in [6.07, 6.45) is 7.52. The molecule has 1 saturated carbocycles. The summed E-state index contributed by atoms with van der Waals surface area (Å²) in [5.41, 5.74) is 0. The van der Waals surface area contributed by atoms with E-state index in [0.717, 1.165) is 12.8 Å². The van der Waals surface area contributed by atoms with Gasteiger partial charge in [-0.05, 0) is 39.0 Å². The molecule has 1 N–H and O–H groups in total. The largest absolute Gasteiger partial charge is 0.390 e. The van der Waals surface area contributed by atoms with Crippen molar-refractivity contribution in [2.24, 2.45) is 5.92 Å². The molecule has 1 aliphatic rings. The molecule has 2 nitrogen and oxygen atoms in total. The van der Waals surface area contributed by atoms with Crippen molar-refractivity contribution in [3.63, 3.8) is 0 Å². The summed E-state index contributed by atoms with van der Waals surface area (Å²) >= 11 is 0. The number of aliphatic hydroxyl groups excluding tert-OH is 1. The second-order valence-corrected chi connectivity index (χ2v) is 4.85. The summed E-state index contributed by atoms with van der Waals surface area (Å²) < 4.78 is 5.78. The van der Waals surface area contributed by atoms with E-state index in [9.17, 15) is 5.11 Å². The third-order valence-corrected chi connectivity index (χ3v) is 3.59. The number of aliphatic hydroxyl groups is 1. The lowest BCUT2D eigenvalue weighted by atomic mass is 9.82. The molecule has 0 bridgehead atoms. The predicted octanol–water partition coefficient (Wildman–Crippen LogP) is 3.14. The van der Waals surface area contributed by atoms with Gasteiger partial charge in [0, 0.05) is 13.0 Å². The van der Waals surface area contributed by atoms with Crippen LogP contribution in [0, 0.1) is 17.8 Å². The average molecular weight is 238 g/mol. The van der Waals surface area contributed by atoms with Crippen LogP contribution in [0.2, 0.25) is 0 Å². The molecule has 1 rings (SSSR count). The first kappa shape index (κ1) is 14.5. The van der Waals surface area contributed by atoms with Crippen LogP contribution in [0.4, 0.5) is 0 Å². The Kier molecular flexibility index (Phi) is 7.32. The van der Waals surface area contributed by atoms with Crippen LogP contribution in [0.25, 0.3) is 0 Å². The topological polar surface area (TPSA) is 29.5 Å². The molecule has 0 aromatic heterocycles. The smallest absolute Gasteiger partial charge is 0.0862 e. The lowest BCUT2D eigenvalue weighted by Crippen LogP contribution is -2.37. The monoisotopic (exact) mass is 238 g/mol. The Morgan fingerprint density at radius 2 is 2.00 bits per heavy atom. The van der Waals surface area contributed by atoms with Crippen molar-refractivity contribution in [1.82, 2.24) is 0 Å². The van der Waals surface area contributed by atoms with Crippen molar-refractivity contribution in [1.29, 1.82) is 0 Å². The van der Waals surface area contributed by atoms with Gasteiger partial charge in [-0.3, -0.25) is 0 Å². The van der Waals surface area contributed by atoms with E-state index in [0.29, 0.717) is 12.5 Å². The maximum Gasteiger partial charge on any atom is 0.0862 e.